The van der Waals surface area contributed by atoms with Crippen molar-refractivity contribution in [1.29, 1.82) is 0 Å². The molecule has 0 saturated heterocycles. The zero-order chi connectivity index (χ0) is 20.5. The van der Waals surface area contributed by atoms with Crippen LogP contribution in [0.25, 0.3) is 0 Å². The van der Waals surface area contributed by atoms with Crippen LogP contribution in [0.3, 0.4) is 0 Å². The third-order valence-corrected chi connectivity index (χ3v) is 4.92. The summed E-state index contributed by atoms with van der Waals surface area (Å²) in [6.45, 7) is 13.2. The van der Waals surface area contributed by atoms with Crippen LogP contribution in [0.1, 0.15) is 64.5 Å². The molecule has 2 rings (SSSR count). The summed E-state index contributed by atoms with van der Waals surface area (Å²) < 4.78 is 0. The van der Waals surface area contributed by atoms with Gasteiger partial charge in [0.05, 0.1) is 0 Å². The molecule has 0 aliphatic rings. The van der Waals surface area contributed by atoms with Crippen molar-refractivity contribution in [3.05, 3.63) is 95.3 Å². The second-order valence-corrected chi connectivity index (χ2v) is 8.20. The molecule has 0 radical (unpaired) electrons. The maximum Gasteiger partial charge on any atom is 0.0199 e. The largest absolute Gasteiger partial charge is 0.389 e. The smallest absolute Gasteiger partial charge is 0.0199 e. The Kier molecular flexibility index (Phi) is 8.38. The summed E-state index contributed by atoms with van der Waals surface area (Å²) in [6.07, 6.45) is 4.39. The Morgan fingerprint density at radius 1 is 0.607 bits per heavy atom. The highest BCUT2D eigenvalue weighted by Crippen LogP contribution is 2.42. The SMILES string of the molecule is C/C(=C/NC(C)C)[C@H](c1ccccc1)[C@H](/C(C)=C\NC(C)C)c1ccccc1. The van der Waals surface area contributed by atoms with Crippen LogP contribution in [-0.2, 0) is 0 Å². The Morgan fingerprint density at radius 2 is 0.929 bits per heavy atom. The van der Waals surface area contributed by atoms with Gasteiger partial charge in [-0.3, -0.25) is 0 Å². The molecule has 0 saturated carbocycles. The van der Waals surface area contributed by atoms with Gasteiger partial charge in [0.1, 0.15) is 0 Å². The van der Waals surface area contributed by atoms with Gasteiger partial charge in [0.15, 0.2) is 0 Å². The van der Waals surface area contributed by atoms with Gasteiger partial charge in [-0.2, -0.15) is 0 Å². The Morgan fingerprint density at radius 3 is 1.21 bits per heavy atom. The minimum atomic E-state index is 0.264. The molecular weight excluding hydrogens is 340 g/mol. The van der Waals surface area contributed by atoms with E-state index >= 15 is 0 Å². The first kappa shape index (κ1) is 21.8. The van der Waals surface area contributed by atoms with Crippen LogP contribution in [0.4, 0.5) is 0 Å². The van der Waals surface area contributed by atoms with Gasteiger partial charge in [-0.05, 0) is 76.2 Å². The lowest BCUT2D eigenvalue weighted by molar-refractivity contribution is 0.631. The van der Waals surface area contributed by atoms with Crippen LogP contribution >= 0.6 is 0 Å². The summed E-state index contributed by atoms with van der Waals surface area (Å²) in [7, 11) is 0. The maximum atomic E-state index is 3.49. The van der Waals surface area contributed by atoms with Crippen LogP contribution in [0.2, 0.25) is 0 Å². The van der Waals surface area contributed by atoms with E-state index < -0.39 is 0 Å². The molecule has 150 valence electrons. The lowest BCUT2D eigenvalue weighted by Gasteiger charge is -2.31. The van der Waals surface area contributed by atoms with Gasteiger partial charge in [-0.15, -0.1) is 0 Å². The van der Waals surface area contributed by atoms with Crippen molar-refractivity contribution >= 4 is 0 Å². The summed E-state index contributed by atoms with van der Waals surface area (Å²) in [5, 5.41) is 6.99. The molecule has 2 atom stereocenters. The average Bonchev–Trinajstić information content (AvgIpc) is 2.69. The molecule has 28 heavy (non-hydrogen) atoms. The molecule has 2 heteroatoms. The van der Waals surface area contributed by atoms with E-state index in [0.717, 1.165) is 0 Å². The highest BCUT2D eigenvalue weighted by Gasteiger charge is 2.27. The topological polar surface area (TPSA) is 24.1 Å². The van der Waals surface area contributed by atoms with E-state index in [1.165, 1.54) is 22.3 Å². The zero-order valence-corrected chi connectivity index (χ0v) is 18.2. The predicted molar refractivity (Wildman–Crippen MR) is 122 cm³/mol. The van der Waals surface area contributed by atoms with Gasteiger partial charge in [0.2, 0.25) is 0 Å². The second-order valence-electron chi connectivity index (χ2n) is 8.20. The van der Waals surface area contributed by atoms with Crippen LogP contribution in [-0.4, -0.2) is 12.1 Å². The van der Waals surface area contributed by atoms with Gasteiger partial charge < -0.3 is 10.6 Å². The molecule has 2 aromatic carbocycles. The van der Waals surface area contributed by atoms with E-state index in [0.29, 0.717) is 12.1 Å². The van der Waals surface area contributed by atoms with E-state index in [1.54, 1.807) is 0 Å². The Bertz CT molecular complexity index is 690. The van der Waals surface area contributed by atoms with Gasteiger partial charge >= 0.3 is 0 Å². The fourth-order valence-corrected chi connectivity index (χ4v) is 3.53. The fourth-order valence-electron chi connectivity index (χ4n) is 3.53. The summed E-state index contributed by atoms with van der Waals surface area (Å²) >= 11 is 0. The van der Waals surface area contributed by atoms with Gasteiger partial charge in [-0.1, -0.05) is 60.7 Å². The minimum absolute atomic E-state index is 0.264. The van der Waals surface area contributed by atoms with Crippen molar-refractivity contribution < 1.29 is 0 Å². The maximum absolute atomic E-state index is 3.49. The molecule has 0 spiro atoms. The third-order valence-electron chi connectivity index (χ3n) is 4.92. The molecule has 2 N–H and O–H groups in total. The summed E-state index contributed by atoms with van der Waals surface area (Å²) in [4.78, 5) is 0. The summed E-state index contributed by atoms with van der Waals surface area (Å²) in [5.41, 5.74) is 5.36. The molecule has 0 fully saturated rings. The van der Waals surface area contributed by atoms with Crippen molar-refractivity contribution in [1.82, 2.24) is 10.6 Å². The molecule has 0 unspecified atom stereocenters. The monoisotopic (exact) mass is 376 g/mol. The lowest BCUT2D eigenvalue weighted by Crippen LogP contribution is -2.22. The zero-order valence-electron chi connectivity index (χ0n) is 18.2. The van der Waals surface area contributed by atoms with Crippen molar-refractivity contribution in [2.75, 3.05) is 0 Å². The molecule has 0 aliphatic heterocycles. The number of benzene rings is 2. The standard InChI is InChI=1S/C26H36N2/c1-19(2)27-17-21(5)25(23-13-9-7-10-14-23)26(22(6)18-28-20(3)4)24-15-11-8-12-16-24/h7-20,25-28H,1-6H3/b21-17-,22-18-/t25-,26-/m1/s1. The van der Waals surface area contributed by atoms with E-state index in [9.17, 15) is 0 Å². The predicted octanol–water partition coefficient (Wildman–Crippen LogP) is 6.36. The van der Waals surface area contributed by atoms with Crippen LogP contribution in [0.15, 0.2) is 84.2 Å². The van der Waals surface area contributed by atoms with Crippen molar-refractivity contribution in [3.63, 3.8) is 0 Å². The highest BCUT2D eigenvalue weighted by molar-refractivity contribution is 5.40. The third kappa shape index (κ3) is 6.30. The van der Waals surface area contributed by atoms with E-state index in [-0.39, 0.29) is 11.8 Å². The first-order chi connectivity index (χ1) is 13.4. The quantitative estimate of drug-likeness (QED) is 0.532. The molecule has 2 aromatic rings. The van der Waals surface area contributed by atoms with Crippen LogP contribution in [0.5, 0.6) is 0 Å². The molecular formula is C26H36N2. The lowest BCUT2D eigenvalue weighted by atomic mass is 9.74. The molecule has 0 aromatic heterocycles. The first-order valence-electron chi connectivity index (χ1n) is 10.4. The fraction of sp³-hybridized carbons (Fsp3) is 0.385. The van der Waals surface area contributed by atoms with Crippen LogP contribution < -0.4 is 10.6 Å². The average molecular weight is 377 g/mol. The normalized spacial score (nSPS) is 14.9. The van der Waals surface area contributed by atoms with Crippen molar-refractivity contribution in [2.24, 2.45) is 0 Å². The molecule has 0 bridgehead atoms. The van der Waals surface area contributed by atoms with Gasteiger partial charge in [0.25, 0.3) is 0 Å². The summed E-state index contributed by atoms with van der Waals surface area (Å²) in [5.74, 6) is 0.528. The number of allylic oxidation sites excluding steroid dienone is 2. The van der Waals surface area contributed by atoms with Gasteiger partial charge in [-0.25, -0.2) is 0 Å². The van der Waals surface area contributed by atoms with Gasteiger partial charge in [0, 0.05) is 23.9 Å². The number of hydrogen-bond donors (Lipinski definition) is 2. The first-order valence-corrected chi connectivity index (χ1v) is 10.4. The van der Waals surface area contributed by atoms with Crippen molar-refractivity contribution in [3.8, 4) is 0 Å². The van der Waals surface area contributed by atoms with Crippen molar-refractivity contribution in [2.45, 2.75) is 65.5 Å². The highest BCUT2D eigenvalue weighted by atomic mass is 14.9. The number of nitrogens with one attached hydrogen (secondary N) is 2. The molecule has 0 aliphatic carbocycles. The van der Waals surface area contributed by atoms with E-state index in [1.807, 2.05) is 0 Å². The minimum Gasteiger partial charge on any atom is -0.389 e. The molecule has 2 nitrogen and oxygen atoms in total. The van der Waals surface area contributed by atoms with Crippen LogP contribution in [0, 0.1) is 0 Å². The Hall–Kier alpha value is -2.48. The number of hydrogen-bond acceptors (Lipinski definition) is 2. The van der Waals surface area contributed by atoms with E-state index in [4.69, 9.17) is 0 Å². The second kappa shape index (κ2) is 10.8. The Labute approximate surface area is 171 Å². The van der Waals surface area contributed by atoms with E-state index in [2.05, 4.69) is 125 Å². The number of rotatable bonds is 9. The Balaban J connectivity index is 2.57. The molecule has 0 amide bonds. The molecule has 0 heterocycles. The summed E-state index contributed by atoms with van der Waals surface area (Å²) in [6, 6.07) is 22.6.